The predicted octanol–water partition coefficient (Wildman–Crippen LogP) is 1.91. The van der Waals surface area contributed by atoms with E-state index >= 15 is 0 Å². The van der Waals surface area contributed by atoms with E-state index in [0.29, 0.717) is 16.9 Å². The first kappa shape index (κ1) is 16.3. The summed E-state index contributed by atoms with van der Waals surface area (Å²) in [6, 6.07) is 0. The zero-order valence-electron chi connectivity index (χ0n) is 13.0. The van der Waals surface area contributed by atoms with Crippen LogP contribution >= 0.6 is 0 Å². The van der Waals surface area contributed by atoms with Crippen molar-refractivity contribution < 1.29 is 29.3 Å². The minimum absolute atomic E-state index is 0.289. The van der Waals surface area contributed by atoms with Crippen LogP contribution in [-0.2, 0) is 19.1 Å². The number of esters is 1. The molecule has 6 heteroatoms. The van der Waals surface area contributed by atoms with Gasteiger partial charge in [0.2, 0.25) is 11.5 Å². The van der Waals surface area contributed by atoms with E-state index in [2.05, 4.69) is 0 Å². The fourth-order valence-electron chi connectivity index (χ4n) is 2.89. The topological polar surface area (TPSA) is 93.1 Å². The van der Waals surface area contributed by atoms with Gasteiger partial charge in [0.05, 0.1) is 0 Å². The van der Waals surface area contributed by atoms with Gasteiger partial charge in [0.15, 0.2) is 5.60 Å². The summed E-state index contributed by atoms with van der Waals surface area (Å²) in [6.45, 7) is 6.83. The third-order valence-electron chi connectivity index (χ3n) is 4.30. The number of hydrogen-bond acceptors (Lipinski definition) is 6. The Labute approximate surface area is 128 Å². The van der Waals surface area contributed by atoms with Crippen LogP contribution in [0.1, 0.15) is 34.1 Å². The second kappa shape index (κ2) is 5.61. The van der Waals surface area contributed by atoms with Gasteiger partial charge in [0.1, 0.15) is 5.76 Å². The molecular formula is C16H20O6. The van der Waals surface area contributed by atoms with Gasteiger partial charge in [0, 0.05) is 23.5 Å². The van der Waals surface area contributed by atoms with Gasteiger partial charge in [-0.1, -0.05) is 13.0 Å². The second-order valence-corrected chi connectivity index (χ2v) is 5.64. The lowest BCUT2D eigenvalue weighted by molar-refractivity contribution is -0.149. The average molecular weight is 308 g/mol. The molecule has 2 aliphatic rings. The minimum atomic E-state index is -1.46. The number of rotatable bonds is 4. The van der Waals surface area contributed by atoms with Crippen molar-refractivity contribution in [3.8, 4) is 0 Å². The number of carbonyl (C=O) groups excluding carboxylic acids is 2. The number of hydrogen-bond donors (Lipinski definition) is 2. The maximum atomic E-state index is 11.7. The summed E-state index contributed by atoms with van der Waals surface area (Å²) in [7, 11) is 0. The fraction of sp³-hybridized carbons (Fsp3) is 0.500. The first-order valence-corrected chi connectivity index (χ1v) is 7.10. The van der Waals surface area contributed by atoms with Crippen LogP contribution in [0.15, 0.2) is 34.8 Å². The van der Waals surface area contributed by atoms with E-state index in [-0.39, 0.29) is 18.1 Å². The molecule has 22 heavy (non-hydrogen) atoms. The van der Waals surface area contributed by atoms with Crippen LogP contribution in [0.5, 0.6) is 0 Å². The minimum Gasteiger partial charge on any atom is -0.502 e. The van der Waals surface area contributed by atoms with E-state index in [1.807, 2.05) is 6.92 Å². The predicted molar refractivity (Wildman–Crippen MR) is 77.5 cm³/mol. The lowest BCUT2D eigenvalue weighted by atomic mass is 9.80. The molecule has 2 rings (SSSR count). The van der Waals surface area contributed by atoms with Gasteiger partial charge in [-0.3, -0.25) is 4.79 Å². The van der Waals surface area contributed by atoms with E-state index < -0.39 is 23.6 Å². The zero-order chi connectivity index (χ0) is 16.7. The Morgan fingerprint density at radius 1 is 1.36 bits per heavy atom. The number of Topliss-reactive ketones (excluding diaryl/α,β-unsaturated/α-hetero) is 1. The smallest absolute Gasteiger partial charge is 0.374 e. The van der Waals surface area contributed by atoms with Crippen LogP contribution in [0.25, 0.3) is 0 Å². The SMILES string of the molecule is C/C=C/[C@]1([C@@H](C)CC2=C(C)C(=O)C(O)O2)OC(=O)C(O)=C1C. The number of allylic oxidation sites excluding steroid dienone is 2. The summed E-state index contributed by atoms with van der Waals surface area (Å²) in [4.78, 5) is 23.3. The third-order valence-corrected chi connectivity index (χ3v) is 4.30. The highest BCUT2D eigenvalue weighted by atomic mass is 16.6. The van der Waals surface area contributed by atoms with Crippen LogP contribution < -0.4 is 0 Å². The molecule has 0 aromatic rings. The summed E-state index contributed by atoms with van der Waals surface area (Å²) in [5, 5.41) is 19.3. The van der Waals surface area contributed by atoms with Crippen molar-refractivity contribution in [2.45, 2.75) is 46.0 Å². The van der Waals surface area contributed by atoms with Crippen LogP contribution in [0, 0.1) is 5.92 Å². The first-order chi connectivity index (χ1) is 10.2. The van der Waals surface area contributed by atoms with Crippen molar-refractivity contribution in [2.75, 3.05) is 0 Å². The fourth-order valence-corrected chi connectivity index (χ4v) is 2.89. The molecule has 0 spiro atoms. The molecule has 0 amide bonds. The maximum absolute atomic E-state index is 11.7. The Balaban J connectivity index is 2.33. The second-order valence-electron chi connectivity index (χ2n) is 5.64. The summed E-state index contributed by atoms with van der Waals surface area (Å²) >= 11 is 0. The molecule has 3 atom stereocenters. The number of ether oxygens (including phenoxy) is 2. The molecule has 0 aromatic carbocycles. The highest BCUT2D eigenvalue weighted by molar-refractivity contribution is 5.99. The Morgan fingerprint density at radius 3 is 2.41 bits per heavy atom. The summed E-state index contributed by atoms with van der Waals surface area (Å²) in [5.41, 5.74) is -0.292. The molecular weight excluding hydrogens is 288 g/mol. The van der Waals surface area contributed by atoms with Gasteiger partial charge in [-0.2, -0.15) is 0 Å². The molecule has 2 heterocycles. The lowest BCUT2D eigenvalue weighted by Gasteiger charge is -2.32. The Bertz CT molecular complexity index is 612. The number of aliphatic hydroxyl groups is 2. The summed E-state index contributed by atoms with van der Waals surface area (Å²) in [5.74, 6) is -1.53. The Hall–Kier alpha value is -2.08. The van der Waals surface area contributed by atoms with E-state index in [1.165, 1.54) is 0 Å². The monoisotopic (exact) mass is 308 g/mol. The molecule has 0 aliphatic carbocycles. The third kappa shape index (κ3) is 2.33. The van der Waals surface area contributed by atoms with Crippen molar-refractivity contribution in [1.82, 2.24) is 0 Å². The van der Waals surface area contributed by atoms with Crippen molar-refractivity contribution >= 4 is 11.8 Å². The number of aliphatic hydroxyl groups excluding tert-OH is 2. The number of ketones is 1. The van der Waals surface area contributed by atoms with Crippen molar-refractivity contribution in [1.29, 1.82) is 0 Å². The van der Waals surface area contributed by atoms with E-state index in [9.17, 15) is 19.8 Å². The molecule has 0 saturated carbocycles. The van der Waals surface area contributed by atoms with Gasteiger partial charge < -0.3 is 19.7 Å². The van der Waals surface area contributed by atoms with Gasteiger partial charge in [-0.15, -0.1) is 0 Å². The first-order valence-electron chi connectivity index (χ1n) is 7.10. The molecule has 0 bridgehead atoms. The Kier molecular flexibility index (Phi) is 4.15. The van der Waals surface area contributed by atoms with Crippen molar-refractivity contribution in [2.24, 2.45) is 5.92 Å². The van der Waals surface area contributed by atoms with Gasteiger partial charge in [0.25, 0.3) is 6.29 Å². The molecule has 0 fully saturated rings. The number of cyclic esters (lactones) is 1. The molecule has 2 aliphatic heterocycles. The van der Waals surface area contributed by atoms with Crippen molar-refractivity contribution in [3.05, 3.63) is 34.8 Å². The molecule has 2 N–H and O–H groups in total. The van der Waals surface area contributed by atoms with Gasteiger partial charge >= 0.3 is 5.97 Å². The molecule has 0 radical (unpaired) electrons. The molecule has 0 saturated heterocycles. The van der Waals surface area contributed by atoms with Crippen LogP contribution in [0.2, 0.25) is 0 Å². The lowest BCUT2D eigenvalue weighted by Crippen LogP contribution is -2.37. The van der Waals surface area contributed by atoms with Gasteiger partial charge in [-0.25, -0.2) is 4.79 Å². The van der Waals surface area contributed by atoms with E-state index in [1.54, 1.807) is 32.9 Å². The van der Waals surface area contributed by atoms with Crippen molar-refractivity contribution in [3.63, 3.8) is 0 Å². The highest BCUT2D eigenvalue weighted by Crippen LogP contribution is 2.42. The summed E-state index contributed by atoms with van der Waals surface area (Å²) in [6.07, 6.45) is 2.27. The van der Waals surface area contributed by atoms with Gasteiger partial charge in [-0.05, 0) is 26.8 Å². The standard InChI is InChI=1S/C16H20O6/c1-5-6-16(10(4)13(18)15(20)22-16)8(2)7-11-9(3)12(17)14(19)21-11/h5-6,8,14,18-19H,7H2,1-4H3/b6-5+/t8-,14?,16+/m0/s1. The summed E-state index contributed by atoms with van der Waals surface area (Å²) < 4.78 is 10.6. The zero-order valence-corrected chi connectivity index (χ0v) is 13.0. The maximum Gasteiger partial charge on any atom is 0.374 e. The molecule has 120 valence electrons. The molecule has 6 nitrogen and oxygen atoms in total. The molecule has 1 unspecified atom stereocenters. The van der Waals surface area contributed by atoms with Crippen LogP contribution in [0.4, 0.5) is 0 Å². The van der Waals surface area contributed by atoms with E-state index in [0.717, 1.165) is 0 Å². The highest BCUT2D eigenvalue weighted by Gasteiger charge is 2.48. The molecule has 0 aromatic heterocycles. The average Bonchev–Trinajstić information content (AvgIpc) is 2.83. The van der Waals surface area contributed by atoms with Crippen LogP contribution in [0.3, 0.4) is 0 Å². The normalized spacial score (nSPS) is 30.3. The Morgan fingerprint density at radius 2 is 2.00 bits per heavy atom. The van der Waals surface area contributed by atoms with E-state index in [4.69, 9.17) is 9.47 Å². The van der Waals surface area contributed by atoms with Crippen LogP contribution in [-0.4, -0.2) is 33.9 Å². The largest absolute Gasteiger partial charge is 0.502 e. The quantitative estimate of drug-likeness (QED) is 0.609. The number of carbonyl (C=O) groups is 2.